The fourth-order valence-electron chi connectivity index (χ4n) is 2.29. The van der Waals surface area contributed by atoms with Crippen LogP contribution in [-0.2, 0) is 0 Å². The average molecular weight is 265 g/mol. The molecule has 0 heterocycles. The first-order valence-electron chi connectivity index (χ1n) is 6.34. The largest absolute Gasteiger partial charge is 0.465 e. The van der Waals surface area contributed by atoms with Crippen LogP contribution in [-0.4, -0.2) is 32.3 Å². The number of carboxylic acid groups (broad SMARTS) is 1. The summed E-state index contributed by atoms with van der Waals surface area (Å²) in [5.74, 6) is 0. The van der Waals surface area contributed by atoms with Gasteiger partial charge in [-0.2, -0.15) is 0 Å². The molecule has 1 atom stereocenters. The molecule has 0 saturated carbocycles. The van der Waals surface area contributed by atoms with Crippen LogP contribution in [0, 0.1) is 0 Å². The Balaban J connectivity index is 3.36. The molecule has 1 aromatic carbocycles. The standard InChI is InChI=1S/C15H23NO3/c1-14(2,3)16(13(17)18)12(15(4,5)19)11-9-7-6-8-10-11/h6-10,12,19H,1-5H3,(H,17,18)/t12-/m0/s1. The van der Waals surface area contributed by atoms with Crippen molar-refractivity contribution in [1.29, 1.82) is 0 Å². The van der Waals surface area contributed by atoms with E-state index in [0.29, 0.717) is 0 Å². The molecule has 0 bridgehead atoms. The van der Waals surface area contributed by atoms with Gasteiger partial charge in [-0.3, -0.25) is 4.90 Å². The third-order valence-corrected chi connectivity index (χ3v) is 2.97. The van der Waals surface area contributed by atoms with E-state index in [1.165, 1.54) is 4.90 Å². The first-order chi connectivity index (χ1) is 8.55. The summed E-state index contributed by atoms with van der Waals surface area (Å²) in [5, 5.41) is 19.9. The van der Waals surface area contributed by atoms with E-state index < -0.39 is 23.3 Å². The van der Waals surface area contributed by atoms with Crippen LogP contribution in [0.25, 0.3) is 0 Å². The Bertz CT molecular complexity index is 429. The van der Waals surface area contributed by atoms with Crippen molar-refractivity contribution in [1.82, 2.24) is 4.90 Å². The Morgan fingerprint density at radius 3 is 1.89 bits per heavy atom. The molecule has 1 aromatic rings. The second-order valence-electron chi connectivity index (χ2n) is 6.29. The molecule has 1 amide bonds. The summed E-state index contributed by atoms with van der Waals surface area (Å²) in [6, 6.07) is 8.61. The van der Waals surface area contributed by atoms with Crippen molar-refractivity contribution in [2.45, 2.75) is 51.8 Å². The number of benzene rings is 1. The van der Waals surface area contributed by atoms with Crippen molar-refractivity contribution >= 4 is 6.09 Å². The summed E-state index contributed by atoms with van der Waals surface area (Å²) in [6.45, 7) is 8.73. The van der Waals surface area contributed by atoms with Crippen molar-refractivity contribution in [2.24, 2.45) is 0 Å². The summed E-state index contributed by atoms with van der Waals surface area (Å²) < 4.78 is 0. The van der Waals surface area contributed by atoms with Crippen LogP contribution in [0.3, 0.4) is 0 Å². The number of amides is 1. The second-order valence-corrected chi connectivity index (χ2v) is 6.29. The summed E-state index contributed by atoms with van der Waals surface area (Å²) in [4.78, 5) is 12.9. The topological polar surface area (TPSA) is 60.8 Å². The summed E-state index contributed by atoms with van der Waals surface area (Å²) in [5.41, 5.74) is -0.994. The van der Waals surface area contributed by atoms with Gasteiger partial charge in [0.1, 0.15) is 0 Å². The molecule has 0 aromatic heterocycles. The van der Waals surface area contributed by atoms with Crippen LogP contribution in [0.15, 0.2) is 30.3 Å². The number of hydrogen-bond acceptors (Lipinski definition) is 2. The van der Waals surface area contributed by atoms with Gasteiger partial charge in [-0.15, -0.1) is 0 Å². The third-order valence-electron chi connectivity index (χ3n) is 2.97. The van der Waals surface area contributed by atoms with E-state index in [-0.39, 0.29) is 0 Å². The number of nitrogens with zero attached hydrogens (tertiary/aromatic N) is 1. The maximum absolute atomic E-state index is 11.6. The highest BCUT2D eigenvalue weighted by molar-refractivity contribution is 5.67. The Hall–Kier alpha value is -1.55. The van der Waals surface area contributed by atoms with E-state index in [9.17, 15) is 15.0 Å². The van der Waals surface area contributed by atoms with Gasteiger partial charge in [0, 0.05) is 5.54 Å². The van der Waals surface area contributed by atoms with Gasteiger partial charge in [0.25, 0.3) is 0 Å². The quantitative estimate of drug-likeness (QED) is 0.881. The molecular formula is C15H23NO3. The number of aliphatic hydroxyl groups is 1. The van der Waals surface area contributed by atoms with E-state index in [1.807, 2.05) is 51.1 Å². The fraction of sp³-hybridized carbons (Fsp3) is 0.533. The van der Waals surface area contributed by atoms with Crippen LogP contribution in [0.1, 0.15) is 46.2 Å². The normalized spacial score (nSPS) is 14.0. The molecular weight excluding hydrogens is 242 g/mol. The SMILES string of the molecule is CC(C)(O)[C@H](c1ccccc1)N(C(=O)O)C(C)(C)C. The Labute approximate surface area is 114 Å². The van der Waals surface area contributed by atoms with E-state index in [1.54, 1.807) is 13.8 Å². The van der Waals surface area contributed by atoms with Gasteiger partial charge in [0.15, 0.2) is 0 Å². The molecule has 4 nitrogen and oxygen atoms in total. The number of rotatable bonds is 3. The van der Waals surface area contributed by atoms with Gasteiger partial charge in [-0.25, -0.2) is 4.79 Å². The molecule has 0 aliphatic heterocycles. The molecule has 2 N–H and O–H groups in total. The fourth-order valence-corrected chi connectivity index (χ4v) is 2.29. The molecule has 0 aliphatic carbocycles. The van der Waals surface area contributed by atoms with Crippen LogP contribution in [0.2, 0.25) is 0 Å². The predicted molar refractivity (Wildman–Crippen MR) is 75.1 cm³/mol. The molecule has 4 heteroatoms. The minimum absolute atomic E-state index is 0.605. The van der Waals surface area contributed by atoms with Crippen LogP contribution >= 0.6 is 0 Å². The molecule has 0 aliphatic rings. The maximum atomic E-state index is 11.6. The molecule has 0 saturated heterocycles. The Morgan fingerprint density at radius 1 is 1.11 bits per heavy atom. The minimum Gasteiger partial charge on any atom is -0.465 e. The molecule has 19 heavy (non-hydrogen) atoms. The van der Waals surface area contributed by atoms with Gasteiger partial charge in [-0.1, -0.05) is 30.3 Å². The zero-order chi connectivity index (χ0) is 14.8. The van der Waals surface area contributed by atoms with Crippen molar-refractivity contribution in [3.63, 3.8) is 0 Å². The van der Waals surface area contributed by atoms with E-state index in [0.717, 1.165) is 5.56 Å². The van der Waals surface area contributed by atoms with Crippen LogP contribution < -0.4 is 0 Å². The van der Waals surface area contributed by atoms with Crippen LogP contribution in [0.4, 0.5) is 4.79 Å². The average Bonchev–Trinajstić information content (AvgIpc) is 2.23. The van der Waals surface area contributed by atoms with Crippen molar-refractivity contribution in [3.05, 3.63) is 35.9 Å². The van der Waals surface area contributed by atoms with E-state index in [2.05, 4.69) is 0 Å². The lowest BCUT2D eigenvalue weighted by Crippen LogP contribution is -2.53. The first kappa shape index (κ1) is 15.5. The van der Waals surface area contributed by atoms with Gasteiger partial charge >= 0.3 is 6.09 Å². The van der Waals surface area contributed by atoms with Gasteiger partial charge < -0.3 is 10.2 Å². The number of carbonyl (C=O) groups is 1. The lowest BCUT2D eigenvalue weighted by molar-refractivity contribution is -0.0440. The first-order valence-corrected chi connectivity index (χ1v) is 6.34. The molecule has 0 fully saturated rings. The van der Waals surface area contributed by atoms with Crippen molar-refractivity contribution in [2.75, 3.05) is 0 Å². The monoisotopic (exact) mass is 265 g/mol. The zero-order valence-electron chi connectivity index (χ0n) is 12.2. The summed E-state index contributed by atoms with van der Waals surface area (Å²) in [7, 11) is 0. The Kier molecular flexibility index (Phi) is 4.25. The smallest absolute Gasteiger partial charge is 0.408 e. The van der Waals surface area contributed by atoms with Crippen LogP contribution in [0.5, 0.6) is 0 Å². The summed E-state index contributed by atoms with van der Waals surface area (Å²) >= 11 is 0. The predicted octanol–water partition coefficient (Wildman–Crippen LogP) is 3.28. The Morgan fingerprint density at radius 2 is 1.58 bits per heavy atom. The molecule has 0 spiro atoms. The number of hydrogen-bond donors (Lipinski definition) is 2. The molecule has 106 valence electrons. The van der Waals surface area contributed by atoms with Crippen molar-refractivity contribution in [3.8, 4) is 0 Å². The van der Waals surface area contributed by atoms with E-state index >= 15 is 0 Å². The lowest BCUT2D eigenvalue weighted by Gasteiger charge is -2.44. The van der Waals surface area contributed by atoms with E-state index in [4.69, 9.17) is 0 Å². The molecule has 1 rings (SSSR count). The lowest BCUT2D eigenvalue weighted by atomic mass is 9.87. The molecule has 0 unspecified atom stereocenters. The zero-order valence-corrected chi connectivity index (χ0v) is 12.2. The third kappa shape index (κ3) is 3.70. The van der Waals surface area contributed by atoms with Gasteiger partial charge in [-0.05, 0) is 40.2 Å². The highest BCUT2D eigenvalue weighted by Gasteiger charge is 2.41. The maximum Gasteiger partial charge on any atom is 0.408 e. The molecule has 0 radical (unpaired) electrons. The summed E-state index contributed by atoms with van der Waals surface area (Å²) in [6.07, 6.45) is -1.04. The van der Waals surface area contributed by atoms with Gasteiger partial charge in [0.2, 0.25) is 0 Å². The van der Waals surface area contributed by atoms with Gasteiger partial charge in [0.05, 0.1) is 11.6 Å². The van der Waals surface area contributed by atoms with Crippen molar-refractivity contribution < 1.29 is 15.0 Å². The highest BCUT2D eigenvalue weighted by Crippen LogP contribution is 2.36. The second kappa shape index (κ2) is 5.21. The highest BCUT2D eigenvalue weighted by atomic mass is 16.4. The minimum atomic E-state index is -1.17.